The Labute approximate surface area is 160 Å². The Balaban J connectivity index is 1.76. The largest absolute Gasteiger partial charge is 0.494 e. The number of rotatable bonds is 9. The van der Waals surface area contributed by atoms with Crippen LogP contribution in [0.2, 0.25) is 5.15 Å². The highest BCUT2D eigenvalue weighted by Gasteiger charge is 2.12. The minimum atomic E-state index is -0.156. The highest BCUT2D eigenvalue weighted by molar-refractivity contribution is 6.31. The van der Waals surface area contributed by atoms with Gasteiger partial charge in [0.05, 0.1) is 12.3 Å². The first-order chi connectivity index (χ1) is 12.5. The van der Waals surface area contributed by atoms with E-state index >= 15 is 0 Å². The van der Waals surface area contributed by atoms with Crippen molar-refractivity contribution in [2.75, 3.05) is 13.2 Å². The number of benzene rings is 1. The van der Waals surface area contributed by atoms with Crippen LogP contribution in [-0.2, 0) is 11.3 Å². The molecule has 1 heterocycles. The summed E-state index contributed by atoms with van der Waals surface area (Å²) in [5.41, 5.74) is 1.60. The Bertz CT molecular complexity index is 739. The quantitative estimate of drug-likeness (QED) is 0.530. The molecule has 0 aliphatic carbocycles. The molecule has 2 aromatic rings. The first-order valence-electron chi connectivity index (χ1n) is 8.84. The van der Waals surface area contributed by atoms with Crippen LogP contribution in [0.25, 0.3) is 6.08 Å². The van der Waals surface area contributed by atoms with Gasteiger partial charge >= 0.3 is 0 Å². The van der Waals surface area contributed by atoms with E-state index in [1.54, 1.807) is 10.8 Å². The predicted molar refractivity (Wildman–Crippen MR) is 105 cm³/mol. The highest BCUT2D eigenvalue weighted by Crippen LogP contribution is 2.22. The Kier molecular flexibility index (Phi) is 7.73. The highest BCUT2D eigenvalue weighted by atomic mass is 35.5. The molecule has 1 amide bonds. The van der Waals surface area contributed by atoms with Gasteiger partial charge in [-0.05, 0) is 37.5 Å². The molecule has 0 bridgehead atoms. The summed E-state index contributed by atoms with van der Waals surface area (Å²) < 4.78 is 7.36. The van der Waals surface area contributed by atoms with Gasteiger partial charge in [-0.1, -0.05) is 43.6 Å². The number of hydrogen-bond acceptors (Lipinski definition) is 3. The molecule has 0 unspecified atom stereocenters. The molecule has 1 aromatic heterocycles. The van der Waals surface area contributed by atoms with E-state index in [1.807, 2.05) is 37.3 Å². The first kappa shape index (κ1) is 20.0. The number of aromatic nitrogens is 2. The molecule has 140 valence electrons. The van der Waals surface area contributed by atoms with Crippen LogP contribution < -0.4 is 10.1 Å². The predicted octanol–water partition coefficient (Wildman–Crippen LogP) is 4.10. The van der Waals surface area contributed by atoms with Crippen molar-refractivity contribution >= 4 is 23.6 Å². The molecule has 0 aliphatic rings. The van der Waals surface area contributed by atoms with Crippen LogP contribution in [0.15, 0.2) is 36.4 Å². The van der Waals surface area contributed by atoms with Gasteiger partial charge in [-0.15, -0.1) is 0 Å². The van der Waals surface area contributed by atoms with Gasteiger partial charge in [-0.25, -0.2) is 0 Å². The van der Waals surface area contributed by atoms with Crippen LogP contribution >= 0.6 is 11.6 Å². The van der Waals surface area contributed by atoms with Crippen LogP contribution in [-0.4, -0.2) is 28.8 Å². The van der Waals surface area contributed by atoms with Crippen LogP contribution in [0, 0.1) is 12.8 Å². The molecule has 0 spiro atoms. The third-order valence-electron chi connectivity index (χ3n) is 3.68. The van der Waals surface area contributed by atoms with E-state index in [-0.39, 0.29) is 5.91 Å². The zero-order valence-electron chi connectivity index (χ0n) is 15.5. The second-order valence-corrected chi connectivity index (χ2v) is 6.86. The molecule has 0 fully saturated rings. The number of nitrogens with zero attached hydrogens (tertiary/aromatic N) is 2. The van der Waals surface area contributed by atoms with Gasteiger partial charge in [0.25, 0.3) is 0 Å². The molecule has 0 radical (unpaired) electrons. The van der Waals surface area contributed by atoms with Gasteiger partial charge in [-0.2, -0.15) is 5.10 Å². The molecule has 26 heavy (non-hydrogen) atoms. The first-order valence-corrected chi connectivity index (χ1v) is 9.22. The second kappa shape index (κ2) is 10.0. The average Bonchev–Trinajstić information content (AvgIpc) is 2.86. The number of carbonyl (C=O) groups excluding carboxylic acids is 1. The number of aryl methyl sites for hydroxylation is 1. The topological polar surface area (TPSA) is 56.2 Å². The molecular formula is C20H26ClN3O2. The van der Waals surface area contributed by atoms with E-state index in [4.69, 9.17) is 16.3 Å². The summed E-state index contributed by atoms with van der Waals surface area (Å²) in [6.07, 6.45) is 3.95. The maximum absolute atomic E-state index is 11.9. The van der Waals surface area contributed by atoms with Gasteiger partial charge in [0, 0.05) is 24.7 Å². The summed E-state index contributed by atoms with van der Waals surface area (Å²) in [5.74, 6) is 1.13. The van der Waals surface area contributed by atoms with Crippen molar-refractivity contribution in [1.29, 1.82) is 0 Å². The minimum absolute atomic E-state index is 0.156. The smallest absolute Gasteiger partial charge is 0.244 e. The molecule has 6 heteroatoms. The monoisotopic (exact) mass is 375 g/mol. The Hall–Kier alpha value is -2.27. The number of carbonyl (C=O) groups is 1. The van der Waals surface area contributed by atoms with E-state index in [0.29, 0.717) is 24.2 Å². The molecule has 5 nitrogen and oxygen atoms in total. The molecule has 0 saturated carbocycles. The lowest BCUT2D eigenvalue weighted by Gasteiger charge is -2.06. The summed E-state index contributed by atoms with van der Waals surface area (Å²) in [4.78, 5) is 11.9. The van der Waals surface area contributed by atoms with Gasteiger partial charge in [-0.3, -0.25) is 9.48 Å². The van der Waals surface area contributed by atoms with Crippen LogP contribution in [0.3, 0.4) is 0 Å². The number of ether oxygens (including phenoxy) is 1. The molecule has 1 N–H and O–H groups in total. The zero-order chi connectivity index (χ0) is 18.9. The van der Waals surface area contributed by atoms with Gasteiger partial charge < -0.3 is 10.1 Å². The average molecular weight is 376 g/mol. The maximum Gasteiger partial charge on any atom is 0.244 e. The standard InChI is InChI=1S/C20H26ClN3O2/c1-15(2)14-24-20(21)18(16(3)23-24)10-11-19(25)22-12-7-13-26-17-8-5-4-6-9-17/h4-6,8-11,15H,7,12-14H2,1-3H3,(H,22,25)/b11-10+. The number of para-hydroxylation sites is 1. The van der Waals surface area contributed by atoms with Gasteiger partial charge in [0.15, 0.2) is 0 Å². The second-order valence-electron chi connectivity index (χ2n) is 6.51. The Morgan fingerprint density at radius 2 is 2.08 bits per heavy atom. The third kappa shape index (κ3) is 6.23. The molecular weight excluding hydrogens is 350 g/mol. The van der Waals surface area contributed by atoms with Gasteiger partial charge in [0.1, 0.15) is 10.9 Å². The molecule has 0 aliphatic heterocycles. The fourth-order valence-electron chi connectivity index (χ4n) is 2.43. The van der Waals surface area contributed by atoms with Crippen LogP contribution in [0.4, 0.5) is 0 Å². The SMILES string of the molecule is Cc1nn(CC(C)C)c(Cl)c1/C=C/C(=O)NCCCOc1ccccc1. The van der Waals surface area contributed by atoms with Crippen molar-refractivity contribution in [1.82, 2.24) is 15.1 Å². The summed E-state index contributed by atoms with van der Waals surface area (Å²) in [6, 6.07) is 9.62. The van der Waals surface area contributed by atoms with Crippen molar-refractivity contribution in [3.63, 3.8) is 0 Å². The van der Waals surface area contributed by atoms with Crippen LogP contribution in [0.5, 0.6) is 5.75 Å². The molecule has 2 rings (SSSR count). The Morgan fingerprint density at radius 1 is 1.35 bits per heavy atom. The molecule has 1 aromatic carbocycles. The number of halogens is 1. The van der Waals surface area contributed by atoms with Crippen molar-refractivity contribution < 1.29 is 9.53 Å². The fourth-order valence-corrected chi connectivity index (χ4v) is 2.74. The van der Waals surface area contributed by atoms with E-state index in [1.165, 1.54) is 6.08 Å². The molecule has 0 saturated heterocycles. The lowest BCUT2D eigenvalue weighted by molar-refractivity contribution is -0.116. The maximum atomic E-state index is 11.9. The minimum Gasteiger partial charge on any atom is -0.494 e. The normalized spacial score (nSPS) is 11.3. The van der Waals surface area contributed by atoms with E-state index < -0.39 is 0 Å². The van der Waals surface area contributed by atoms with Gasteiger partial charge in [0.2, 0.25) is 5.91 Å². The van der Waals surface area contributed by atoms with Crippen molar-refractivity contribution in [2.45, 2.75) is 33.7 Å². The molecule has 0 atom stereocenters. The lowest BCUT2D eigenvalue weighted by Crippen LogP contribution is -2.23. The van der Waals surface area contributed by atoms with E-state index in [9.17, 15) is 4.79 Å². The summed E-state index contributed by atoms with van der Waals surface area (Å²) in [7, 11) is 0. The summed E-state index contributed by atoms with van der Waals surface area (Å²) >= 11 is 6.36. The zero-order valence-corrected chi connectivity index (χ0v) is 16.3. The van der Waals surface area contributed by atoms with Crippen molar-refractivity contribution in [3.8, 4) is 5.75 Å². The fraction of sp³-hybridized carbons (Fsp3) is 0.400. The van der Waals surface area contributed by atoms with Crippen molar-refractivity contribution in [2.24, 2.45) is 5.92 Å². The summed E-state index contributed by atoms with van der Waals surface area (Å²) in [6.45, 7) is 7.97. The number of nitrogens with one attached hydrogen (secondary N) is 1. The summed E-state index contributed by atoms with van der Waals surface area (Å²) in [5, 5.41) is 7.84. The van der Waals surface area contributed by atoms with E-state index in [0.717, 1.165) is 30.0 Å². The number of hydrogen-bond donors (Lipinski definition) is 1. The van der Waals surface area contributed by atoms with Crippen molar-refractivity contribution in [3.05, 3.63) is 52.8 Å². The van der Waals surface area contributed by atoms with E-state index in [2.05, 4.69) is 24.3 Å². The lowest BCUT2D eigenvalue weighted by atomic mass is 10.2. The Morgan fingerprint density at radius 3 is 2.77 bits per heavy atom. The van der Waals surface area contributed by atoms with Crippen LogP contribution in [0.1, 0.15) is 31.5 Å². The number of amides is 1. The third-order valence-corrected chi connectivity index (χ3v) is 4.08.